The number of rotatable bonds is 0. The molecule has 0 amide bonds. The molecule has 0 atom stereocenters. The van der Waals surface area contributed by atoms with Crippen molar-refractivity contribution in [3.05, 3.63) is 38.6 Å². The van der Waals surface area contributed by atoms with Crippen molar-refractivity contribution in [3.63, 3.8) is 0 Å². The molecule has 3 rings (SSSR count). The Morgan fingerprint density at radius 3 is 2.94 bits per heavy atom. The summed E-state index contributed by atoms with van der Waals surface area (Å²) in [6.45, 7) is 1.84. The number of fused-ring (bicyclic) bond motifs is 3. The molecule has 88 valence electrons. The molecule has 6 heteroatoms. The minimum absolute atomic E-state index is 0.123. The lowest BCUT2D eigenvalue weighted by molar-refractivity contribution is 0.616. The van der Waals surface area contributed by atoms with Gasteiger partial charge in [0.15, 0.2) is 5.82 Å². The first-order valence-corrected chi connectivity index (χ1v) is 6.34. The van der Waals surface area contributed by atoms with Crippen LogP contribution in [0.2, 0.25) is 5.02 Å². The van der Waals surface area contributed by atoms with Crippen molar-refractivity contribution in [1.29, 1.82) is 0 Å². The molecule has 1 aliphatic rings. The summed E-state index contributed by atoms with van der Waals surface area (Å²) >= 11 is 9.27. The number of aromatic nitrogens is 3. The van der Waals surface area contributed by atoms with Crippen LogP contribution in [0.25, 0.3) is 5.69 Å². The largest absolute Gasteiger partial charge is 0.281 e. The standard InChI is InChI=1S/C11H8BrClFN3/c1-5-15-16-8-3-2-6-4-7(12)10(14)9(13)11(6)17(5)8/h4H,2-3H2,1H3. The molecule has 1 aromatic heterocycles. The van der Waals surface area contributed by atoms with Crippen LogP contribution >= 0.6 is 27.5 Å². The predicted octanol–water partition coefficient (Wildman–Crippen LogP) is 3.23. The minimum Gasteiger partial charge on any atom is -0.281 e. The van der Waals surface area contributed by atoms with E-state index >= 15 is 0 Å². The molecule has 0 saturated heterocycles. The quantitative estimate of drug-likeness (QED) is 0.699. The topological polar surface area (TPSA) is 30.7 Å². The maximum absolute atomic E-state index is 13.8. The number of hydrogen-bond acceptors (Lipinski definition) is 2. The zero-order chi connectivity index (χ0) is 12.2. The number of hydrogen-bond donors (Lipinski definition) is 0. The van der Waals surface area contributed by atoms with Crippen molar-refractivity contribution >= 4 is 27.5 Å². The van der Waals surface area contributed by atoms with E-state index in [0.29, 0.717) is 10.2 Å². The van der Waals surface area contributed by atoms with Crippen molar-refractivity contribution in [2.45, 2.75) is 19.8 Å². The first-order chi connectivity index (χ1) is 8.09. The normalized spacial score (nSPS) is 13.4. The molecule has 0 radical (unpaired) electrons. The summed E-state index contributed by atoms with van der Waals surface area (Å²) in [6.07, 6.45) is 1.59. The van der Waals surface area contributed by atoms with Gasteiger partial charge in [-0.15, -0.1) is 10.2 Å². The fourth-order valence-electron chi connectivity index (χ4n) is 2.17. The van der Waals surface area contributed by atoms with Crippen molar-refractivity contribution < 1.29 is 4.39 Å². The minimum atomic E-state index is -0.439. The second kappa shape index (κ2) is 3.78. The maximum Gasteiger partial charge on any atom is 0.158 e. The molecule has 0 bridgehead atoms. The van der Waals surface area contributed by atoms with E-state index in [2.05, 4.69) is 26.1 Å². The van der Waals surface area contributed by atoms with Gasteiger partial charge < -0.3 is 0 Å². The SMILES string of the molecule is Cc1nnc2n1-c1c(cc(Br)c(F)c1Cl)CC2. The fourth-order valence-corrected chi connectivity index (χ4v) is 3.07. The summed E-state index contributed by atoms with van der Waals surface area (Å²) in [7, 11) is 0. The Labute approximate surface area is 111 Å². The Balaban J connectivity index is 2.38. The van der Waals surface area contributed by atoms with Gasteiger partial charge in [0.2, 0.25) is 0 Å². The molecule has 0 fully saturated rings. The summed E-state index contributed by atoms with van der Waals surface area (Å²) in [5, 5.41) is 8.20. The molecule has 0 saturated carbocycles. The molecule has 1 aromatic carbocycles. The van der Waals surface area contributed by atoms with Crippen LogP contribution in [0.4, 0.5) is 4.39 Å². The fraction of sp³-hybridized carbons (Fsp3) is 0.273. The van der Waals surface area contributed by atoms with Gasteiger partial charge in [-0.05, 0) is 40.9 Å². The highest BCUT2D eigenvalue weighted by Crippen LogP contribution is 2.36. The summed E-state index contributed by atoms with van der Waals surface area (Å²) in [5.41, 5.74) is 1.69. The summed E-state index contributed by atoms with van der Waals surface area (Å²) in [5.74, 6) is 1.12. The van der Waals surface area contributed by atoms with Gasteiger partial charge in [0.05, 0.1) is 10.2 Å². The van der Waals surface area contributed by atoms with Gasteiger partial charge in [-0.1, -0.05) is 11.6 Å². The predicted molar refractivity (Wildman–Crippen MR) is 66.2 cm³/mol. The lowest BCUT2D eigenvalue weighted by Crippen LogP contribution is -2.15. The highest BCUT2D eigenvalue weighted by molar-refractivity contribution is 9.10. The molecule has 2 heterocycles. The zero-order valence-electron chi connectivity index (χ0n) is 8.97. The average molecular weight is 317 g/mol. The zero-order valence-corrected chi connectivity index (χ0v) is 11.3. The van der Waals surface area contributed by atoms with Gasteiger partial charge in [0.25, 0.3) is 0 Å². The van der Waals surface area contributed by atoms with Gasteiger partial charge in [0, 0.05) is 6.42 Å². The Morgan fingerprint density at radius 1 is 1.41 bits per heavy atom. The first kappa shape index (κ1) is 11.2. The van der Waals surface area contributed by atoms with Crippen LogP contribution in [0.1, 0.15) is 17.2 Å². The molecule has 3 nitrogen and oxygen atoms in total. The summed E-state index contributed by atoms with van der Waals surface area (Å²) < 4.78 is 16.0. The molecule has 2 aromatic rings. The van der Waals surface area contributed by atoms with Gasteiger partial charge in [-0.3, -0.25) is 4.57 Å². The molecule has 1 aliphatic heterocycles. The molecular formula is C11H8BrClFN3. The van der Waals surface area contributed by atoms with E-state index in [0.717, 1.165) is 30.1 Å². The highest BCUT2D eigenvalue weighted by Gasteiger charge is 2.25. The van der Waals surface area contributed by atoms with E-state index in [1.54, 1.807) is 6.07 Å². The molecule has 0 unspecified atom stereocenters. The molecular weight excluding hydrogens is 308 g/mol. The van der Waals surface area contributed by atoms with E-state index in [1.165, 1.54) is 0 Å². The molecule has 17 heavy (non-hydrogen) atoms. The van der Waals surface area contributed by atoms with Gasteiger partial charge >= 0.3 is 0 Å². The van der Waals surface area contributed by atoms with Crippen LogP contribution in [-0.4, -0.2) is 14.8 Å². The maximum atomic E-state index is 13.8. The van der Waals surface area contributed by atoms with Crippen molar-refractivity contribution in [3.8, 4) is 5.69 Å². The van der Waals surface area contributed by atoms with Crippen molar-refractivity contribution in [2.75, 3.05) is 0 Å². The van der Waals surface area contributed by atoms with E-state index in [-0.39, 0.29) is 5.02 Å². The van der Waals surface area contributed by atoms with Crippen LogP contribution in [-0.2, 0) is 12.8 Å². The van der Waals surface area contributed by atoms with E-state index in [4.69, 9.17) is 11.6 Å². The lowest BCUT2D eigenvalue weighted by Gasteiger charge is -2.20. The molecule has 0 aliphatic carbocycles. The van der Waals surface area contributed by atoms with Crippen LogP contribution < -0.4 is 0 Å². The molecule has 0 spiro atoms. The number of halogens is 3. The number of benzene rings is 1. The van der Waals surface area contributed by atoms with Gasteiger partial charge in [-0.25, -0.2) is 4.39 Å². The third kappa shape index (κ3) is 1.52. The van der Waals surface area contributed by atoms with E-state index in [9.17, 15) is 4.39 Å². The average Bonchev–Trinajstić information content (AvgIpc) is 2.68. The second-order valence-electron chi connectivity index (χ2n) is 3.99. The van der Waals surface area contributed by atoms with Gasteiger partial charge in [-0.2, -0.15) is 0 Å². The Hall–Kier alpha value is -0.940. The smallest absolute Gasteiger partial charge is 0.158 e. The summed E-state index contributed by atoms with van der Waals surface area (Å²) in [4.78, 5) is 0. The third-order valence-electron chi connectivity index (χ3n) is 2.95. The summed E-state index contributed by atoms with van der Waals surface area (Å²) in [6, 6.07) is 1.78. The lowest BCUT2D eigenvalue weighted by atomic mass is 10.0. The van der Waals surface area contributed by atoms with Crippen molar-refractivity contribution in [2.24, 2.45) is 0 Å². The second-order valence-corrected chi connectivity index (χ2v) is 5.23. The van der Waals surface area contributed by atoms with Crippen LogP contribution in [0.5, 0.6) is 0 Å². The Bertz CT molecular complexity index is 624. The van der Waals surface area contributed by atoms with Crippen LogP contribution in [0, 0.1) is 12.7 Å². The highest BCUT2D eigenvalue weighted by atomic mass is 79.9. The Kier molecular flexibility index (Phi) is 2.48. The Morgan fingerprint density at radius 2 is 2.18 bits per heavy atom. The third-order valence-corrected chi connectivity index (χ3v) is 3.87. The van der Waals surface area contributed by atoms with Crippen LogP contribution in [0.15, 0.2) is 10.5 Å². The number of nitrogens with zero attached hydrogens (tertiary/aromatic N) is 3. The number of aryl methyl sites for hydroxylation is 3. The first-order valence-electron chi connectivity index (χ1n) is 5.17. The van der Waals surface area contributed by atoms with E-state index < -0.39 is 5.82 Å². The van der Waals surface area contributed by atoms with Gasteiger partial charge in [0.1, 0.15) is 16.7 Å². The molecule has 0 N–H and O–H groups in total. The van der Waals surface area contributed by atoms with Crippen LogP contribution in [0.3, 0.4) is 0 Å². The van der Waals surface area contributed by atoms with E-state index in [1.807, 2.05) is 11.5 Å². The monoisotopic (exact) mass is 315 g/mol. The van der Waals surface area contributed by atoms with Crippen molar-refractivity contribution in [1.82, 2.24) is 14.8 Å².